The summed E-state index contributed by atoms with van der Waals surface area (Å²) in [6, 6.07) is 7.89. The van der Waals surface area contributed by atoms with Crippen LogP contribution in [-0.2, 0) is 0 Å². The molecule has 0 radical (unpaired) electrons. The third-order valence-corrected chi connectivity index (χ3v) is 3.84. The average Bonchev–Trinajstić information content (AvgIpc) is 2.45. The van der Waals surface area contributed by atoms with Gasteiger partial charge in [0, 0.05) is 19.2 Å². The van der Waals surface area contributed by atoms with E-state index >= 15 is 0 Å². The molecule has 0 amide bonds. The van der Waals surface area contributed by atoms with Gasteiger partial charge in [0.25, 0.3) is 0 Å². The van der Waals surface area contributed by atoms with Crippen LogP contribution < -0.4 is 9.64 Å². The van der Waals surface area contributed by atoms with Crippen molar-refractivity contribution in [2.75, 3.05) is 25.1 Å². The lowest BCUT2D eigenvalue weighted by Gasteiger charge is -2.34. The molecule has 1 aliphatic rings. The van der Waals surface area contributed by atoms with Crippen molar-refractivity contribution in [2.45, 2.75) is 27.2 Å². The van der Waals surface area contributed by atoms with E-state index in [1.807, 2.05) is 18.2 Å². The van der Waals surface area contributed by atoms with E-state index in [4.69, 9.17) is 4.74 Å². The van der Waals surface area contributed by atoms with Crippen molar-refractivity contribution < 1.29 is 4.74 Å². The monoisotopic (exact) mass is 270 g/mol. The normalized spacial score (nSPS) is 15.6. The number of nitriles is 1. The van der Waals surface area contributed by atoms with Gasteiger partial charge in [0.15, 0.2) is 0 Å². The molecule has 3 nitrogen and oxygen atoms in total. The van der Waals surface area contributed by atoms with Crippen molar-refractivity contribution >= 4 is 5.69 Å². The lowest BCUT2D eigenvalue weighted by Crippen LogP contribution is -2.31. The highest BCUT2D eigenvalue weighted by Crippen LogP contribution is 2.33. The van der Waals surface area contributed by atoms with Gasteiger partial charge < -0.3 is 9.64 Å². The molecule has 1 aromatic carbocycles. The number of hydrogen-bond donors (Lipinski definition) is 0. The number of rotatable bonds is 2. The molecule has 1 heterocycles. The maximum Gasteiger partial charge on any atom is 0.121 e. The van der Waals surface area contributed by atoms with Gasteiger partial charge in [0.1, 0.15) is 11.8 Å². The van der Waals surface area contributed by atoms with Crippen molar-refractivity contribution in [1.29, 1.82) is 5.26 Å². The van der Waals surface area contributed by atoms with Crippen LogP contribution in [0.1, 0.15) is 32.8 Å². The minimum atomic E-state index is 0.235. The molecular formula is C17H22N2O. The lowest BCUT2D eigenvalue weighted by molar-refractivity contribution is 0.414. The smallest absolute Gasteiger partial charge is 0.121 e. The fraction of sp³-hybridized carbons (Fsp3) is 0.471. The molecule has 0 saturated carbocycles. The number of nitrogens with zero attached hydrogens (tertiary/aromatic N) is 2. The molecule has 0 saturated heterocycles. The minimum Gasteiger partial charge on any atom is -0.497 e. The fourth-order valence-electron chi connectivity index (χ4n) is 2.56. The summed E-state index contributed by atoms with van der Waals surface area (Å²) in [5, 5.41) is 9.26. The van der Waals surface area contributed by atoms with Gasteiger partial charge in [-0.25, -0.2) is 0 Å². The van der Waals surface area contributed by atoms with Gasteiger partial charge in [0.2, 0.25) is 0 Å². The Hall–Kier alpha value is -1.95. The number of benzene rings is 1. The first-order valence-corrected chi connectivity index (χ1v) is 6.98. The molecule has 0 bridgehead atoms. The van der Waals surface area contributed by atoms with Gasteiger partial charge in [-0.1, -0.05) is 32.4 Å². The summed E-state index contributed by atoms with van der Waals surface area (Å²) in [6.45, 7) is 8.56. The molecule has 0 N–H and O–H groups in total. The maximum atomic E-state index is 9.26. The Morgan fingerprint density at radius 3 is 2.55 bits per heavy atom. The number of hydrogen-bond acceptors (Lipinski definition) is 3. The van der Waals surface area contributed by atoms with Crippen molar-refractivity contribution in [2.24, 2.45) is 5.41 Å². The van der Waals surface area contributed by atoms with Gasteiger partial charge in [-0.05, 0) is 24.0 Å². The molecule has 0 fully saturated rings. The molecule has 0 spiro atoms. The van der Waals surface area contributed by atoms with Crippen LogP contribution in [0, 0.1) is 16.7 Å². The predicted molar refractivity (Wildman–Crippen MR) is 82.1 cm³/mol. The highest BCUT2D eigenvalue weighted by atomic mass is 16.5. The van der Waals surface area contributed by atoms with Gasteiger partial charge >= 0.3 is 0 Å². The van der Waals surface area contributed by atoms with E-state index < -0.39 is 0 Å². The molecule has 106 valence electrons. The van der Waals surface area contributed by atoms with Crippen LogP contribution >= 0.6 is 0 Å². The van der Waals surface area contributed by atoms with Crippen LogP contribution in [0.3, 0.4) is 0 Å². The van der Waals surface area contributed by atoms with Crippen LogP contribution in [0.25, 0.3) is 0 Å². The van der Waals surface area contributed by atoms with E-state index in [9.17, 15) is 5.26 Å². The summed E-state index contributed by atoms with van der Waals surface area (Å²) in [4.78, 5) is 2.25. The Morgan fingerprint density at radius 2 is 2.05 bits per heavy atom. The van der Waals surface area contributed by atoms with E-state index in [0.717, 1.165) is 30.9 Å². The Bertz CT molecular complexity index is 561. The largest absolute Gasteiger partial charge is 0.497 e. The highest BCUT2D eigenvalue weighted by molar-refractivity contribution is 5.63. The first kappa shape index (κ1) is 14.5. The molecule has 0 unspecified atom stereocenters. The minimum absolute atomic E-state index is 0.235. The fourth-order valence-corrected chi connectivity index (χ4v) is 2.56. The summed E-state index contributed by atoms with van der Waals surface area (Å²) >= 11 is 0. The van der Waals surface area contributed by atoms with E-state index in [1.54, 1.807) is 7.11 Å². The van der Waals surface area contributed by atoms with Crippen molar-refractivity contribution in [3.8, 4) is 11.8 Å². The highest BCUT2D eigenvalue weighted by Gasteiger charge is 2.22. The van der Waals surface area contributed by atoms with E-state index in [1.165, 1.54) is 5.57 Å². The molecule has 0 aliphatic carbocycles. The molecule has 1 aliphatic heterocycles. The molecule has 3 heteroatoms. The Balaban J connectivity index is 2.27. The van der Waals surface area contributed by atoms with Gasteiger partial charge in [-0.3, -0.25) is 0 Å². The van der Waals surface area contributed by atoms with Gasteiger partial charge in [0.05, 0.1) is 18.4 Å². The average molecular weight is 270 g/mol. The summed E-state index contributed by atoms with van der Waals surface area (Å²) in [7, 11) is 1.65. The van der Waals surface area contributed by atoms with Crippen LogP contribution in [0.2, 0.25) is 0 Å². The third-order valence-electron chi connectivity index (χ3n) is 3.84. The number of methoxy groups -OCH3 is 1. The van der Waals surface area contributed by atoms with Gasteiger partial charge in [-0.2, -0.15) is 5.26 Å². The van der Waals surface area contributed by atoms with Crippen molar-refractivity contribution in [3.63, 3.8) is 0 Å². The van der Waals surface area contributed by atoms with E-state index in [2.05, 4.69) is 37.8 Å². The standard InChI is InChI=1S/C17H22N2O/c1-17(2,3)14-7-9-19(10-8-14)16-11-15(20-4)6-5-13(16)12-18/h5-7,11H,8-10H2,1-4H3. The summed E-state index contributed by atoms with van der Waals surface area (Å²) in [5.41, 5.74) is 3.41. The summed E-state index contributed by atoms with van der Waals surface area (Å²) in [5.74, 6) is 0.796. The second-order valence-corrected chi connectivity index (χ2v) is 6.17. The van der Waals surface area contributed by atoms with E-state index in [0.29, 0.717) is 5.56 Å². The summed E-state index contributed by atoms with van der Waals surface area (Å²) < 4.78 is 5.27. The quantitative estimate of drug-likeness (QED) is 0.768. The Labute approximate surface area is 121 Å². The number of ether oxygens (including phenoxy) is 1. The molecule has 0 aromatic heterocycles. The molecule has 0 atom stereocenters. The SMILES string of the molecule is COc1ccc(C#N)c(N2CC=C(C(C)(C)C)CC2)c1. The zero-order chi connectivity index (χ0) is 14.8. The second-order valence-electron chi connectivity index (χ2n) is 6.17. The zero-order valence-electron chi connectivity index (χ0n) is 12.7. The maximum absolute atomic E-state index is 9.26. The second kappa shape index (κ2) is 5.58. The van der Waals surface area contributed by atoms with Gasteiger partial charge in [-0.15, -0.1) is 0 Å². The van der Waals surface area contributed by atoms with Crippen LogP contribution in [0.4, 0.5) is 5.69 Å². The van der Waals surface area contributed by atoms with Crippen molar-refractivity contribution in [3.05, 3.63) is 35.4 Å². The Morgan fingerprint density at radius 1 is 1.30 bits per heavy atom. The zero-order valence-corrected chi connectivity index (χ0v) is 12.7. The topological polar surface area (TPSA) is 36.3 Å². The first-order chi connectivity index (χ1) is 9.45. The van der Waals surface area contributed by atoms with Crippen LogP contribution in [-0.4, -0.2) is 20.2 Å². The lowest BCUT2D eigenvalue weighted by atomic mass is 9.83. The molecule has 1 aromatic rings. The van der Waals surface area contributed by atoms with Crippen molar-refractivity contribution in [1.82, 2.24) is 0 Å². The number of anilines is 1. The Kier molecular flexibility index (Phi) is 4.04. The third kappa shape index (κ3) is 2.96. The van der Waals surface area contributed by atoms with E-state index in [-0.39, 0.29) is 5.41 Å². The first-order valence-electron chi connectivity index (χ1n) is 6.98. The molecule has 20 heavy (non-hydrogen) atoms. The van der Waals surface area contributed by atoms with Crippen LogP contribution in [0.5, 0.6) is 5.75 Å². The predicted octanol–water partition coefficient (Wildman–Crippen LogP) is 3.75. The molecule has 2 rings (SSSR count). The molecular weight excluding hydrogens is 248 g/mol. The summed E-state index contributed by atoms with van der Waals surface area (Å²) in [6.07, 6.45) is 3.34. The van der Waals surface area contributed by atoms with Crippen LogP contribution in [0.15, 0.2) is 29.8 Å².